The van der Waals surface area contributed by atoms with E-state index in [-0.39, 0.29) is 5.57 Å². The van der Waals surface area contributed by atoms with E-state index in [9.17, 15) is 10.1 Å². The van der Waals surface area contributed by atoms with E-state index >= 15 is 0 Å². The molecular weight excluding hydrogens is 440 g/mol. The van der Waals surface area contributed by atoms with Gasteiger partial charge in [-0.05, 0) is 42.0 Å². The Morgan fingerprint density at radius 2 is 1.71 bits per heavy atom. The minimum atomic E-state index is -0.447. The molecule has 0 bridgehead atoms. The van der Waals surface area contributed by atoms with Gasteiger partial charge in [0.15, 0.2) is 11.5 Å². The standard InChI is InChI=1S/C28H22N4O3/c29-17-22(28(33)30-18-20-7-3-1-4-8-20)15-23-19-32(24-9-5-2-6-10-24)31-27(23)21-11-12-25-26(16-21)35-14-13-34-25/h1-12,15-16,19H,13-14,18H2,(H,30,33)/b22-15+. The zero-order chi connectivity index (χ0) is 24.0. The molecule has 172 valence electrons. The summed E-state index contributed by atoms with van der Waals surface area (Å²) in [6.07, 6.45) is 3.38. The van der Waals surface area contributed by atoms with E-state index in [0.717, 1.165) is 16.8 Å². The Balaban J connectivity index is 1.51. The normalized spacial score (nSPS) is 12.6. The number of ether oxygens (including phenoxy) is 2. The molecule has 2 heterocycles. The fraction of sp³-hybridized carbons (Fsp3) is 0.107. The topological polar surface area (TPSA) is 89.2 Å². The van der Waals surface area contributed by atoms with Crippen LogP contribution in [0.3, 0.4) is 0 Å². The number of hydrogen-bond acceptors (Lipinski definition) is 5. The average molecular weight is 463 g/mol. The molecule has 0 atom stereocenters. The number of hydrogen-bond donors (Lipinski definition) is 1. The molecule has 0 radical (unpaired) electrons. The van der Waals surface area contributed by atoms with Crippen molar-refractivity contribution in [3.63, 3.8) is 0 Å². The van der Waals surface area contributed by atoms with E-state index < -0.39 is 5.91 Å². The van der Waals surface area contributed by atoms with Crippen molar-refractivity contribution < 1.29 is 14.3 Å². The molecule has 7 nitrogen and oxygen atoms in total. The van der Waals surface area contributed by atoms with Gasteiger partial charge in [0.1, 0.15) is 30.6 Å². The molecule has 0 saturated carbocycles. The van der Waals surface area contributed by atoms with Crippen molar-refractivity contribution in [2.45, 2.75) is 6.54 Å². The molecule has 1 aliphatic rings. The Morgan fingerprint density at radius 1 is 1.00 bits per heavy atom. The Kier molecular flexibility index (Phi) is 6.27. The molecule has 1 aromatic heterocycles. The van der Waals surface area contributed by atoms with Crippen molar-refractivity contribution in [3.8, 4) is 34.5 Å². The van der Waals surface area contributed by atoms with Crippen molar-refractivity contribution in [3.05, 3.63) is 102 Å². The van der Waals surface area contributed by atoms with Crippen LogP contribution in [0.2, 0.25) is 0 Å². The fourth-order valence-corrected chi connectivity index (χ4v) is 3.80. The van der Waals surface area contributed by atoms with Crippen LogP contribution in [-0.2, 0) is 11.3 Å². The molecular formula is C28H22N4O3. The van der Waals surface area contributed by atoms with Crippen molar-refractivity contribution in [2.75, 3.05) is 13.2 Å². The number of nitrogens with one attached hydrogen (secondary N) is 1. The minimum absolute atomic E-state index is 0.00710. The minimum Gasteiger partial charge on any atom is -0.486 e. The van der Waals surface area contributed by atoms with Crippen LogP contribution in [-0.4, -0.2) is 28.9 Å². The molecule has 5 rings (SSSR count). The molecule has 0 fully saturated rings. The second-order valence-corrected chi connectivity index (χ2v) is 7.91. The van der Waals surface area contributed by atoms with Gasteiger partial charge in [0, 0.05) is 23.9 Å². The van der Waals surface area contributed by atoms with Gasteiger partial charge >= 0.3 is 0 Å². The van der Waals surface area contributed by atoms with Gasteiger partial charge in [-0.3, -0.25) is 4.79 Å². The molecule has 1 aliphatic heterocycles. The number of nitrogens with zero attached hydrogens (tertiary/aromatic N) is 3. The number of nitriles is 1. The lowest BCUT2D eigenvalue weighted by molar-refractivity contribution is -0.117. The lowest BCUT2D eigenvalue weighted by Crippen LogP contribution is -2.23. The zero-order valence-corrected chi connectivity index (χ0v) is 18.8. The molecule has 0 aliphatic carbocycles. The van der Waals surface area contributed by atoms with Crippen molar-refractivity contribution >= 4 is 12.0 Å². The first-order valence-electron chi connectivity index (χ1n) is 11.2. The van der Waals surface area contributed by atoms with Gasteiger partial charge in [0.25, 0.3) is 5.91 Å². The highest BCUT2D eigenvalue weighted by Crippen LogP contribution is 2.35. The molecule has 0 spiro atoms. The lowest BCUT2D eigenvalue weighted by atomic mass is 10.0. The maximum absolute atomic E-state index is 12.8. The maximum atomic E-state index is 12.8. The van der Waals surface area contributed by atoms with Crippen LogP contribution in [0.1, 0.15) is 11.1 Å². The van der Waals surface area contributed by atoms with Crippen molar-refractivity contribution in [2.24, 2.45) is 0 Å². The molecule has 0 unspecified atom stereocenters. The van der Waals surface area contributed by atoms with E-state index in [4.69, 9.17) is 14.6 Å². The quantitative estimate of drug-likeness (QED) is 0.336. The first kappa shape index (κ1) is 22.0. The Morgan fingerprint density at radius 3 is 2.46 bits per heavy atom. The van der Waals surface area contributed by atoms with E-state index in [2.05, 4.69) is 5.32 Å². The van der Waals surface area contributed by atoms with E-state index in [1.54, 1.807) is 10.8 Å². The Hall–Kier alpha value is -4.83. The Bertz CT molecular complexity index is 1420. The summed E-state index contributed by atoms with van der Waals surface area (Å²) in [6.45, 7) is 1.31. The second-order valence-electron chi connectivity index (χ2n) is 7.91. The number of carbonyl (C=O) groups excluding carboxylic acids is 1. The van der Waals surface area contributed by atoms with Gasteiger partial charge in [-0.15, -0.1) is 0 Å². The highest BCUT2D eigenvalue weighted by molar-refractivity contribution is 6.02. The molecule has 3 aromatic carbocycles. The maximum Gasteiger partial charge on any atom is 0.262 e. The molecule has 0 saturated heterocycles. The summed E-state index contributed by atoms with van der Waals surface area (Å²) in [5.41, 5.74) is 3.85. The number of para-hydroxylation sites is 1. The van der Waals surface area contributed by atoms with Gasteiger partial charge in [-0.1, -0.05) is 48.5 Å². The fourth-order valence-electron chi connectivity index (χ4n) is 3.80. The van der Waals surface area contributed by atoms with Crippen LogP contribution < -0.4 is 14.8 Å². The van der Waals surface area contributed by atoms with Crippen LogP contribution in [0.25, 0.3) is 23.0 Å². The van der Waals surface area contributed by atoms with Crippen LogP contribution in [0.15, 0.2) is 90.6 Å². The average Bonchev–Trinajstić information content (AvgIpc) is 3.35. The van der Waals surface area contributed by atoms with Crippen LogP contribution in [0.4, 0.5) is 0 Å². The van der Waals surface area contributed by atoms with Gasteiger partial charge in [-0.25, -0.2) is 4.68 Å². The molecule has 1 amide bonds. The molecule has 4 aromatic rings. The highest BCUT2D eigenvalue weighted by Gasteiger charge is 2.18. The lowest BCUT2D eigenvalue weighted by Gasteiger charge is -2.18. The predicted octanol–water partition coefficient (Wildman–Crippen LogP) is 4.53. The SMILES string of the molecule is N#C/C(=C\c1cn(-c2ccccc2)nc1-c1ccc2c(c1)OCCO2)C(=O)NCc1ccccc1. The largest absolute Gasteiger partial charge is 0.486 e. The summed E-state index contributed by atoms with van der Waals surface area (Å²) in [7, 11) is 0. The summed E-state index contributed by atoms with van der Waals surface area (Å²) in [5, 5.41) is 17.3. The predicted molar refractivity (Wildman–Crippen MR) is 132 cm³/mol. The summed E-state index contributed by atoms with van der Waals surface area (Å²) in [5.74, 6) is 0.869. The smallest absolute Gasteiger partial charge is 0.262 e. The third kappa shape index (κ3) is 4.92. The van der Waals surface area contributed by atoms with Gasteiger partial charge < -0.3 is 14.8 Å². The third-order valence-electron chi connectivity index (χ3n) is 5.54. The van der Waals surface area contributed by atoms with E-state index in [1.807, 2.05) is 91.1 Å². The van der Waals surface area contributed by atoms with Crippen LogP contribution in [0.5, 0.6) is 11.5 Å². The summed E-state index contributed by atoms with van der Waals surface area (Å²) in [6, 6.07) is 26.8. The summed E-state index contributed by atoms with van der Waals surface area (Å²) in [4.78, 5) is 12.8. The van der Waals surface area contributed by atoms with E-state index in [1.165, 1.54) is 0 Å². The first-order valence-corrected chi connectivity index (χ1v) is 11.2. The van der Waals surface area contributed by atoms with Gasteiger partial charge in [-0.2, -0.15) is 10.4 Å². The molecule has 1 N–H and O–H groups in total. The third-order valence-corrected chi connectivity index (χ3v) is 5.54. The van der Waals surface area contributed by atoms with Crippen LogP contribution >= 0.6 is 0 Å². The van der Waals surface area contributed by atoms with E-state index in [0.29, 0.717) is 42.5 Å². The van der Waals surface area contributed by atoms with Crippen molar-refractivity contribution in [1.29, 1.82) is 5.26 Å². The zero-order valence-electron chi connectivity index (χ0n) is 18.8. The molecule has 35 heavy (non-hydrogen) atoms. The monoisotopic (exact) mass is 462 g/mol. The number of carbonyl (C=O) groups is 1. The Labute approximate surface area is 202 Å². The number of rotatable bonds is 6. The van der Waals surface area contributed by atoms with Crippen molar-refractivity contribution in [1.82, 2.24) is 15.1 Å². The van der Waals surface area contributed by atoms with Gasteiger partial charge in [0.2, 0.25) is 0 Å². The second kappa shape index (κ2) is 9.98. The number of amides is 1. The first-order chi connectivity index (χ1) is 17.2. The number of benzene rings is 3. The summed E-state index contributed by atoms with van der Waals surface area (Å²) < 4.78 is 13.1. The summed E-state index contributed by atoms with van der Waals surface area (Å²) >= 11 is 0. The van der Waals surface area contributed by atoms with Gasteiger partial charge in [0.05, 0.1) is 5.69 Å². The number of fused-ring (bicyclic) bond motifs is 1. The molecule has 7 heteroatoms. The number of aromatic nitrogens is 2. The van der Waals surface area contributed by atoms with Crippen LogP contribution in [0, 0.1) is 11.3 Å². The highest BCUT2D eigenvalue weighted by atomic mass is 16.6.